The molecule has 8 heteroatoms. The highest BCUT2D eigenvalue weighted by atomic mass is 16.6. The first kappa shape index (κ1) is 20.4. The van der Waals surface area contributed by atoms with E-state index in [1.165, 1.54) is 0 Å². The number of rotatable bonds is 3. The molecule has 1 amide bonds. The van der Waals surface area contributed by atoms with E-state index < -0.39 is 30.0 Å². The highest BCUT2D eigenvalue weighted by Crippen LogP contribution is 2.25. The molecule has 0 aromatic rings. The lowest BCUT2D eigenvalue weighted by Gasteiger charge is -2.45. The zero-order chi connectivity index (χ0) is 18.8. The van der Waals surface area contributed by atoms with Crippen molar-refractivity contribution in [1.29, 1.82) is 0 Å². The fourth-order valence-corrected chi connectivity index (χ4v) is 3.54. The molecule has 0 bridgehead atoms. The number of carbonyl (C=O) groups is 1. The van der Waals surface area contributed by atoms with E-state index in [2.05, 4.69) is 0 Å². The molecule has 2 aliphatic rings. The number of hydrogen-bond acceptors (Lipinski definition) is 7. The molecule has 0 aromatic carbocycles. The second-order valence-electron chi connectivity index (χ2n) is 8.16. The van der Waals surface area contributed by atoms with Crippen LogP contribution in [0.25, 0.3) is 0 Å². The summed E-state index contributed by atoms with van der Waals surface area (Å²) >= 11 is 0. The summed E-state index contributed by atoms with van der Waals surface area (Å²) in [7, 11) is 0. The summed E-state index contributed by atoms with van der Waals surface area (Å²) in [6, 6.07) is -0.581. The quantitative estimate of drug-likeness (QED) is 0.531. The Labute approximate surface area is 149 Å². The molecule has 0 spiro atoms. The van der Waals surface area contributed by atoms with Gasteiger partial charge in [-0.15, -0.1) is 0 Å². The van der Waals surface area contributed by atoms with Crippen molar-refractivity contribution in [1.82, 2.24) is 9.80 Å². The number of ether oxygens (including phenoxy) is 1. The molecule has 4 N–H and O–H groups in total. The predicted octanol–water partition coefficient (Wildman–Crippen LogP) is -0.607. The first-order chi connectivity index (χ1) is 11.6. The van der Waals surface area contributed by atoms with Gasteiger partial charge < -0.3 is 30.1 Å². The van der Waals surface area contributed by atoms with Crippen LogP contribution in [0.4, 0.5) is 4.79 Å². The van der Waals surface area contributed by atoms with Crippen LogP contribution >= 0.6 is 0 Å². The number of nitrogens with zero attached hydrogens (tertiary/aromatic N) is 2. The fourth-order valence-electron chi connectivity index (χ4n) is 3.54. The van der Waals surface area contributed by atoms with E-state index in [4.69, 9.17) is 4.74 Å². The molecule has 0 aliphatic carbocycles. The molecule has 0 saturated carbocycles. The Morgan fingerprint density at radius 2 is 1.72 bits per heavy atom. The summed E-state index contributed by atoms with van der Waals surface area (Å²) in [4.78, 5) is 15.6. The lowest BCUT2D eigenvalue weighted by atomic mass is 9.90. The van der Waals surface area contributed by atoms with Crippen LogP contribution in [-0.2, 0) is 4.74 Å². The molecule has 146 valence electrons. The summed E-state index contributed by atoms with van der Waals surface area (Å²) in [5.41, 5.74) is -0.511. The van der Waals surface area contributed by atoms with E-state index in [0.29, 0.717) is 25.6 Å². The van der Waals surface area contributed by atoms with Gasteiger partial charge in [-0.3, -0.25) is 4.90 Å². The van der Waals surface area contributed by atoms with E-state index in [0.717, 1.165) is 12.8 Å². The van der Waals surface area contributed by atoms with Crippen molar-refractivity contribution >= 4 is 6.09 Å². The number of piperidine rings is 2. The molecule has 8 nitrogen and oxygen atoms in total. The molecule has 2 rings (SSSR count). The second-order valence-corrected chi connectivity index (χ2v) is 8.16. The number of β-amino-alcohol motifs (C(OH)–C–C–N with tert-alkyl or cyclic N) is 1. The van der Waals surface area contributed by atoms with Gasteiger partial charge in [0.15, 0.2) is 0 Å². The number of hydrogen-bond donors (Lipinski definition) is 4. The minimum absolute atomic E-state index is 0.218. The fraction of sp³-hybridized carbons (Fsp3) is 0.941. The van der Waals surface area contributed by atoms with Gasteiger partial charge in [-0.25, -0.2) is 4.79 Å². The zero-order valence-corrected chi connectivity index (χ0v) is 15.3. The molecule has 25 heavy (non-hydrogen) atoms. The number of aliphatic hydroxyl groups is 4. The monoisotopic (exact) mass is 360 g/mol. The summed E-state index contributed by atoms with van der Waals surface area (Å²) in [6.07, 6.45) is -2.14. The Hall–Kier alpha value is -0.930. The van der Waals surface area contributed by atoms with E-state index in [-0.39, 0.29) is 19.2 Å². The third kappa shape index (κ3) is 5.27. The van der Waals surface area contributed by atoms with Gasteiger partial charge in [0.25, 0.3) is 0 Å². The van der Waals surface area contributed by atoms with Crippen molar-refractivity contribution < 1.29 is 30.0 Å². The maximum atomic E-state index is 12.1. The van der Waals surface area contributed by atoms with E-state index >= 15 is 0 Å². The van der Waals surface area contributed by atoms with E-state index in [1.807, 2.05) is 25.7 Å². The van der Waals surface area contributed by atoms with Gasteiger partial charge in [0.1, 0.15) is 17.8 Å². The minimum atomic E-state index is -1.23. The average Bonchev–Trinajstić information content (AvgIpc) is 2.52. The van der Waals surface area contributed by atoms with Crippen LogP contribution in [0.1, 0.15) is 33.6 Å². The summed E-state index contributed by atoms with van der Waals surface area (Å²) in [5, 5.41) is 39.2. The van der Waals surface area contributed by atoms with Crippen LogP contribution in [0, 0.1) is 5.92 Å². The van der Waals surface area contributed by atoms with Gasteiger partial charge in [-0.05, 0) is 39.5 Å². The number of aliphatic hydroxyl groups excluding tert-OH is 4. The van der Waals surface area contributed by atoms with Crippen molar-refractivity contribution in [2.24, 2.45) is 5.92 Å². The average molecular weight is 360 g/mol. The minimum Gasteiger partial charge on any atom is -0.444 e. The topological polar surface area (TPSA) is 114 Å². The first-order valence-corrected chi connectivity index (χ1v) is 8.99. The van der Waals surface area contributed by atoms with Crippen molar-refractivity contribution in [2.45, 2.75) is 63.6 Å². The number of carbonyl (C=O) groups excluding carboxylic acids is 1. The summed E-state index contributed by atoms with van der Waals surface area (Å²) in [5.74, 6) is 0.294. The Bertz CT molecular complexity index is 447. The Balaban J connectivity index is 1.86. The van der Waals surface area contributed by atoms with Crippen molar-refractivity contribution in [3.05, 3.63) is 0 Å². The van der Waals surface area contributed by atoms with Crippen LogP contribution in [0.2, 0.25) is 0 Å². The van der Waals surface area contributed by atoms with Crippen LogP contribution < -0.4 is 0 Å². The number of amides is 1. The lowest BCUT2D eigenvalue weighted by Crippen LogP contribution is -2.63. The Kier molecular flexibility index (Phi) is 6.67. The first-order valence-electron chi connectivity index (χ1n) is 8.99. The molecular weight excluding hydrogens is 328 g/mol. The van der Waals surface area contributed by atoms with Crippen molar-refractivity contribution in [3.8, 4) is 0 Å². The molecule has 2 fully saturated rings. The second kappa shape index (κ2) is 8.18. The van der Waals surface area contributed by atoms with Crippen LogP contribution in [0.15, 0.2) is 0 Å². The standard InChI is InChI=1S/C17H32N2O6/c1-17(2,3)25-16(24)18-6-4-11(5-7-18)8-19-9-13(21)15(23)14(22)12(19)10-20/h11-15,20-23H,4-10H2,1-3H3/t12-,13+,14-,15-/m1/s1. The van der Waals surface area contributed by atoms with Gasteiger partial charge in [0, 0.05) is 26.2 Å². The maximum absolute atomic E-state index is 12.1. The van der Waals surface area contributed by atoms with Gasteiger partial charge in [-0.2, -0.15) is 0 Å². The molecule has 2 heterocycles. The Morgan fingerprint density at radius 1 is 1.12 bits per heavy atom. The zero-order valence-electron chi connectivity index (χ0n) is 15.3. The SMILES string of the molecule is CC(C)(C)OC(=O)N1CCC(CN2C[C@H](O)[C@@H](O)[C@H](O)[C@H]2CO)CC1. The van der Waals surface area contributed by atoms with Gasteiger partial charge in [0.2, 0.25) is 0 Å². The molecule has 0 unspecified atom stereocenters. The molecule has 0 radical (unpaired) electrons. The van der Waals surface area contributed by atoms with Crippen molar-refractivity contribution in [2.75, 3.05) is 32.8 Å². The van der Waals surface area contributed by atoms with Crippen LogP contribution in [-0.4, -0.2) is 99.1 Å². The third-order valence-corrected chi connectivity index (χ3v) is 4.97. The molecule has 4 atom stereocenters. The normalized spacial score (nSPS) is 32.7. The summed E-state index contributed by atoms with van der Waals surface area (Å²) < 4.78 is 5.39. The Morgan fingerprint density at radius 3 is 2.24 bits per heavy atom. The molecular formula is C17H32N2O6. The number of likely N-dealkylation sites (tertiary alicyclic amines) is 2. The van der Waals surface area contributed by atoms with Gasteiger partial charge in [-0.1, -0.05) is 0 Å². The van der Waals surface area contributed by atoms with Crippen LogP contribution in [0.5, 0.6) is 0 Å². The van der Waals surface area contributed by atoms with Crippen LogP contribution in [0.3, 0.4) is 0 Å². The van der Waals surface area contributed by atoms with Crippen molar-refractivity contribution in [3.63, 3.8) is 0 Å². The highest BCUT2D eigenvalue weighted by Gasteiger charge is 2.41. The largest absolute Gasteiger partial charge is 0.444 e. The predicted molar refractivity (Wildman–Crippen MR) is 91.0 cm³/mol. The van der Waals surface area contributed by atoms with Gasteiger partial charge >= 0.3 is 6.09 Å². The van der Waals surface area contributed by atoms with E-state index in [9.17, 15) is 25.2 Å². The maximum Gasteiger partial charge on any atom is 0.410 e. The van der Waals surface area contributed by atoms with E-state index in [1.54, 1.807) is 4.90 Å². The smallest absolute Gasteiger partial charge is 0.410 e. The summed E-state index contributed by atoms with van der Waals surface area (Å²) in [6.45, 7) is 7.28. The molecule has 2 aliphatic heterocycles. The third-order valence-electron chi connectivity index (χ3n) is 4.97. The molecule has 2 saturated heterocycles. The molecule has 0 aromatic heterocycles. The van der Waals surface area contributed by atoms with Gasteiger partial charge in [0.05, 0.1) is 18.8 Å². The highest BCUT2D eigenvalue weighted by molar-refractivity contribution is 5.68. The lowest BCUT2D eigenvalue weighted by molar-refractivity contribution is -0.148.